The van der Waals surface area contributed by atoms with E-state index in [1.54, 1.807) is 41.8 Å². The Kier molecular flexibility index (Phi) is 11.3. The van der Waals surface area contributed by atoms with Crippen LogP contribution in [0.15, 0.2) is 36.9 Å². The number of nitrogens with zero attached hydrogens (tertiary/aromatic N) is 7. The van der Waals surface area contributed by atoms with Gasteiger partial charge < -0.3 is 19.5 Å². The molecule has 5 aromatic rings. The topological polar surface area (TPSA) is 148 Å². The molecule has 0 radical (unpaired) electrons. The maximum Gasteiger partial charge on any atom is 0.358 e. The Hall–Kier alpha value is -5.87. The Balaban J connectivity index is 0.000000230. The van der Waals surface area contributed by atoms with E-state index in [1.165, 1.54) is 41.0 Å². The first kappa shape index (κ1) is 36.0. The van der Waals surface area contributed by atoms with Gasteiger partial charge in [-0.05, 0) is 39.8 Å². The second-order valence-corrected chi connectivity index (χ2v) is 10.2. The summed E-state index contributed by atoms with van der Waals surface area (Å²) >= 11 is 0. The molecular formula is C32H32F4N8O5. The van der Waals surface area contributed by atoms with Crippen LogP contribution in [0.1, 0.15) is 46.0 Å². The van der Waals surface area contributed by atoms with Gasteiger partial charge in [-0.25, -0.2) is 32.3 Å². The third-order valence-corrected chi connectivity index (χ3v) is 7.06. The molecule has 0 unspecified atom stereocenters. The molecule has 0 aliphatic rings. The molecule has 258 valence electrons. The van der Waals surface area contributed by atoms with Crippen molar-refractivity contribution < 1.29 is 41.4 Å². The van der Waals surface area contributed by atoms with E-state index in [4.69, 9.17) is 9.47 Å². The molecule has 0 aliphatic carbocycles. The molecular weight excluding hydrogens is 652 g/mol. The number of pyridine rings is 3. The molecule has 0 spiro atoms. The number of hydrogen-bond donors (Lipinski definition) is 1. The van der Waals surface area contributed by atoms with E-state index in [2.05, 4.69) is 35.2 Å². The maximum atomic E-state index is 14.4. The van der Waals surface area contributed by atoms with Crippen LogP contribution in [0.3, 0.4) is 0 Å². The number of carbonyl (C=O) groups is 2. The van der Waals surface area contributed by atoms with Gasteiger partial charge in [-0.1, -0.05) is 0 Å². The number of methoxy groups -OCH3 is 1. The highest BCUT2D eigenvalue weighted by atomic mass is 19.1. The van der Waals surface area contributed by atoms with Crippen molar-refractivity contribution in [1.29, 1.82) is 0 Å². The summed E-state index contributed by atoms with van der Waals surface area (Å²) in [4.78, 5) is 35.1. The monoisotopic (exact) mass is 684 g/mol. The van der Waals surface area contributed by atoms with Gasteiger partial charge in [0.15, 0.2) is 34.7 Å². The molecule has 0 saturated heterocycles. The third kappa shape index (κ3) is 7.66. The van der Waals surface area contributed by atoms with Crippen molar-refractivity contribution in [2.75, 3.05) is 25.6 Å². The summed E-state index contributed by atoms with van der Waals surface area (Å²) in [6, 6.07) is 2.91. The average molecular weight is 685 g/mol. The van der Waals surface area contributed by atoms with Crippen LogP contribution in [-0.4, -0.2) is 66.7 Å². The van der Waals surface area contributed by atoms with Crippen LogP contribution in [0.5, 0.6) is 11.8 Å². The number of aromatic nitrogens is 7. The van der Waals surface area contributed by atoms with Crippen molar-refractivity contribution >= 4 is 17.6 Å². The van der Waals surface area contributed by atoms with E-state index < -0.39 is 40.8 Å². The molecule has 1 amide bonds. The zero-order valence-corrected chi connectivity index (χ0v) is 27.6. The zero-order chi connectivity index (χ0) is 36.0. The zero-order valence-electron chi connectivity index (χ0n) is 27.6. The Labute approximate surface area is 277 Å². The Morgan fingerprint density at radius 3 is 1.65 bits per heavy atom. The maximum absolute atomic E-state index is 14.4. The van der Waals surface area contributed by atoms with E-state index in [-0.39, 0.29) is 35.3 Å². The highest BCUT2D eigenvalue weighted by Gasteiger charge is 2.22. The van der Waals surface area contributed by atoms with Crippen molar-refractivity contribution in [2.45, 2.75) is 27.7 Å². The molecule has 5 rings (SSSR count). The largest absolute Gasteiger partial charge is 0.476 e. The van der Waals surface area contributed by atoms with E-state index >= 15 is 0 Å². The number of ether oxygens (including phenoxy) is 3. The van der Waals surface area contributed by atoms with E-state index in [0.29, 0.717) is 34.7 Å². The van der Waals surface area contributed by atoms with E-state index in [9.17, 15) is 27.2 Å². The van der Waals surface area contributed by atoms with Crippen molar-refractivity contribution in [2.24, 2.45) is 14.1 Å². The number of amides is 1. The van der Waals surface area contributed by atoms with Crippen LogP contribution in [0.25, 0.3) is 22.5 Å². The average Bonchev–Trinajstić information content (AvgIpc) is 3.66. The Morgan fingerprint density at radius 1 is 0.755 bits per heavy atom. The van der Waals surface area contributed by atoms with Gasteiger partial charge in [0.2, 0.25) is 0 Å². The molecule has 1 N–H and O–H groups in total. The first-order chi connectivity index (χ1) is 23.3. The van der Waals surface area contributed by atoms with Gasteiger partial charge in [0.25, 0.3) is 17.7 Å². The molecule has 5 aromatic heterocycles. The fourth-order valence-electron chi connectivity index (χ4n) is 4.56. The number of aryl methyl sites for hydroxylation is 2. The molecule has 5 heterocycles. The number of hydrogen-bond acceptors (Lipinski definition) is 10. The van der Waals surface area contributed by atoms with Crippen molar-refractivity contribution in [3.05, 3.63) is 82.7 Å². The summed E-state index contributed by atoms with van der Waals surface area (Å²) in [5, 5.41) is 10.2. The summed E-state index contributed by atoms with van der Waals surface area (Å²) in [5.74, 6) is -4.70. The fourth-order valence-corrected chi connectivity index (χ4v) is 4.56. The molecule has 0 aromatic carbocycles. The lowest BCUT2D eigenvalue weighted by Gasteiger charge is -2.10. The molecule has 0 atom stereocenters. The van der Waals surface area contributed by atoms with Gasteiger partial charge in [0, 0.05) is 48.7 Å². The Bertz CT molecular complexity index is 1990. The lowest BCUT2D eigenvalue weighted by atomic mass is 10.1. The predicted molar refractivity (Wildman–Crippen MR) is 168 cm³/mol. The molecule has 0 aliphatic heterocycles. The van der Waals surface area contributed by atoms with Crippen molar-refractivity contribution in [1.82, 2.24) is 34.5 Å². The number of carbonyl (C=O) groups excluding carboxylic acids is 2. The van der Waals surface area contributed by atoms with Crippen LogP contribution >= 0.6 is 0 Å². The lowest BCUT2D eigenvalue weighted by Crippen LogP contribution is -2.15. The highest BCUT2D eigenvalue weighted by Crippen LogP contribution is 2.30. The first-order valence-electron chi connectivity index (χ1n) is 14.7. The number of esters is 1. The quantitative estimate of drug-likeness (QED) is 0.159. The smallest absolute Gasteiger partial charge is 0.358 e. The van der Waals surface area contributed by atoms with Gasteiger partial charge in [-0.15, -0.1) is 0 Å². The van der Waals surface area contributed by atoms with Gasteiger partial charge in [0.05, 0.1) is 44.1 Å². The minimum absolute atomic E-state index is 0.0332. The van der Waals surface area contributed by atoms with E-state index in [1.807, 2.05) is 0 Å². The van der Waals surface area contributed by atoms with Gasteiger partial charge in [-0.3, -0.25) is 19.1 Å². The summed E-state index contributed by atoms with van der Waals surface area (Å²) < 4.78 is 73.6. The second kappa shape index (κ2) is 15.4. The minimum Gasteiger partial charge on any atom is -0.476 e. The lowest BCUT2D eigenvalue weighted by molar-refractivity contribution is 0.0593. The summed E-state index contributed by atoms with van der Waals surface area (Å²) in [5.41, 5.74) is 1.97. The van der Waals surface area contributed by atoms with Crippen LogP contribution in [-0.2, 0) is 18.8 Å². The third-order valence-electron chi connectivity index (χ3n) is 7.06. The van der Waals surface area contributed by atoms with Crippen molar-refractivity contribution in [3.8, 4) is 34.3 Å². The van der Waals surface area contributed by atoms with Gasteiger partial charge in [-0.2, -0.15) is 10.2 Å². The van der Waals surface area contributed by atoms with Gasteiger partial charge in [0.1, 0.15) is 5.69 Å². The number of rotatable bonds is 9. The Morgan fingerprint density at radius 2 is 1.20 bits per heavy atom. The van der Waals surface area contributed by atoms with Crippen LogP contribution in [0.2, 0.25) is 0 Å². The van der Waals surface area contributed by atoms with E-state index in [0.717, 1.165) is 12.4 Å². The summed E-state index contributed by atoms with van der Waals surface area (Å²) in [6.07, 6.45) is 4.46. The molecule has 0 fully saturated rings. The second-order valence-electron chi connectivity index (χ2n) is 10.2. The molecule has 17 heteroatoms. The number of anilines is 1. The number of halogens is 4. The molecule has 49 heavy (non-hydrogen) atoms. The highest BCUT2D eigenvalue weighted by molar-refractivity contribution is 6.03. The summed E-state index contributed by atoms with van der Waals surface area (Å²) in [7, 11) is 4.49. The van der Waals surface area contributed by atoms with Crippen molar-refractivity contribution in [3.63, 3.8) is 0 Å². The summed E-state index contributed by atoms with van der Waals surface area (Å²) in [6.45, 7) is 7.24. The van der Waals surface area contributed by atoms with Crippen LogP contribution < -0.4 is 14.8 Å². The predicted octanol–water partition coefficient (Wildman–Crippen LogP) is 5.37. The fraction of sp³-hybridized carbons (Fsp3) is 0.281. The minimum atomic E-state index is -1.02. The molecule has 0 bridgehead atoms. The molecule has 13 nitrogen and oxygen atoms in total. The molecule has 0 saturated carbocycles. The number of nitrogens with one attached hydrogen (secondary N) is 1. The van der Waals surface area contributed by atoms with Crippen LogP contribution in [0, 0.1) is 37.1 Å². The normalized spacial score (nSPS) is 10.7. The first-order valence-corrected chi connectivity index (χ1v) is 14.7. The SMILES string of the molecule is CCOc1ncc(-c2cc(C(=O)Nc3c(F)cncc3F)nn2C)c(C)c1F.CCOc1ncc(-c2cc(C(=O)OC)nn2C)c(C)c1F. The van der Waals surface area contributed by atoms with Gasteiger partial charge >= 0.3 is 5.97 Å². The van der Waals surface area contributed by atoms with Crippen LogP contribution in [0.4, 0.5) is 23.2 Å². The standard InChI is InChI=1S/C18H16F3N5O2.C14H16FN3O3/c1-4-28-18-15(21)9(2)10(6-23-18)14-5-13(25-26(14)3)17(27)24-16-11(19)7-22-8-12(16)20;1-5-21-13-12(15)8(2)9(7-16-13)11-6-10(14(19)20-4)17-18(11)3/h5-8H,4H2,1-3H3,(H,22,24,27);6-7H,5H2,1-4H3.